The third-order valence-electron chi connectivity index (χ3n) is 2.65. The number of hydrogen-bond acceptors (Lipinski definition) is 3. The Morgan fingerprint density at radius 1 is 1.06 bits per heavy atom. The molecule has 0 saturated heterocycles. The first-order valence-electron chi connectivity index (χ1n) is 5.82. The highest BCUT2D eigenvalue weighted by molar-refractivity contribution is 5.61. The predicted molar refractivity (Wildman–Crippen MR) is 72.9 cm³/mol. The summed E-state index contributed by atoms with van der Waals surface area (Å²) in [5, 5.41) is 3.06. The van der Waals surface area contributed by atoms with Gasteiger partial charge in [0, 0.05) is 19.3 Å². The average molecular weight is 227 g/mol. The highest BCUT2D eigenvalue weighted by atomic mass is 15.2. The van der Waals surface area contributed by atoms with Gasteiger partial charge in [-0.25, -0.2) is 4.98 Å². The van der Waals surface area contributed by atoms with Gasteiger partial charge in [0.25, 0.3) is 0 Å². The van der Waals surface area contributed by atoms with Crippen molar-refractivity contribution in [3.05, 3.63) is 48.5 Å². The molecular weight excluding hydrogens is 210 g/mol. The minimum atomic E-state index is 0.886. The van der Waals surface area contributed by atoms with Crippen molar-refractivity contribution in [2.45, 2.75) is 6.92 Å². The van der Waals surface area contributed by atoms with Crippen molar-refractivity contribution >= 4 is 17.3 Å². The van der Waals surface area contributed by atoms with E-state index in [1.807, 2.05) is 43.4 Å². The Kier molecular flexibility index (Phi) is 3.60. The first kappa shape index (κ1) is 11.5. The summed E-state index contributed by atoms with van der Waals surface area (Å²) in [6, 6.07) is 16.3. The lowest BCUT2D eigenvalue weighted by Gasteiger charge is -2.22. The Bertz CT molecular complexity index is 468. The van der Waals surface area contributed by atoms with Crippen LogP contribution in [0.2, 0.25) is 0 Å². The molecule has 3 nitrogen and oxygen atoms in total. The van der Waals surface area contributed by atoms with Gasteiger partial charge in [-0.15, -0.1) is 0 Å². The maximum atomic E-state index is 4.55. The second-order valence-electron chi connectivity index (χ2n) is 3.71. The van der Waals surface area contributed by atoms with Gasteiger partial charge >= 0.3 is 0 Å². The van der Waals surface area contributed by atoms with E-state index < -0.39 is 0 Å². The van der Waals surface area contributed by atoms with Crippen LogP contribution in [-0.4, -0.2) is 18.6 Å². The highest BCUT2D eigenvalue weighted by Gasteiger charge is 2.07. The number of nitrogens with zero attached hydrogens (tertiary/aromatic N) is 2. The number of aromatic nitrogens is 1. The summed E-state index contributed by atoms with van der Waals surface area (Å²) in [5.74, 6) is 1.85. The molecule has 1 heterocycles. The van der Waals surface area contributed by atoms with Crippen LogP contribution in [0.15, 0.2) is 48.5 Å². The minimum Gasteiger partial charge on any atom is -0.373 e. The van der Waals surface area contributed by atoms with Crippen molar-refractivity contribution in [1.82, 2.24) is 4.98 Å². The van der Waals surface area contributed by atoms with E-state index >= 15 is 0 Å². The number of hydrogen-bond donors (Lipinski definition) is 1. The quantitative estimate of drug-likeness (QED) is 0.868. The molecule has 2 aromatic rings. The second kappa shape index (κ2) is 5.34. The number of nitrogens with one attached hydrogen (secondary N) is 1. The van der Waals surface area contributed by atoms with Gasteiger partial charge in [-0.3, -0.25) is 0 Å². The van der Waals surface area contributed by atoms with Gasteiger partial charge in [0.15, 0.2) is 0 Å². The summed E-state index contributed by atoms with van der Waals surface area (Å²) < 4.78 is 0. The summed E-state index contributed by atoms with van der Waals surface area (Å²) in [7, 11) is 1.88. The lowest BCUT2D eigenvalue weighted by atomic mass is 10.3. The van der Waals surface area contributed by atoms with Crippen LogP contribution in [0.25, 0.3) is 0 Å². The largest absolute Gasteiger partial charge is 0.373 e. The van der Waals surface area contributed by atoms with Crippen LogP contribution in [0.4, 0.5) is 17.3 Å². The molecule has 2 rings (SSSR count). The molecule has 0 radical (unpaired) electrons. The fourth-order valence-electron chi connectivity index (χ4n) is 1.80. The fraction of sp³-hybridized carbons (Fsp3) is 0.214. The topological polar surface area (TPSA) is 28.2 Å². The molecule has 17 heavy (non-hydrogen) atoms. The van der Waals surface area contributed by atoms with Gasteiger partial charge in [-0.2, -0.15) is 0 Å². The molecule has 0 unspecified atom stereocenters. The Hall–Kier alpha value is -2.03. The molecule has 1 aromatic heterocycles. The van der Waals surface area contributed by atoms with Crippen molar-refractivity contribution in [1.29, 1.82) is 0 Å². The summed E-state index contributed by atoms with van der Waals surface area (Å²) in [6.07, 6.45) is 0. The van der Waals surface area contributed by atoms with Crippen LogP contribution < -0.4 is 10.2 Å². The van der Waals surface area contributed by atoms with Gasteiger partial charge in [-0.1, -0.05) is 24.3 Å². The highest BCUT2D eigenvalue weighted by Crippen LogP contribution is 2.23. The van der Waals surface area contributed by atoms with E-state index in [-0.39, 0.29) is 0 Å². The Morgan fingerprint density at radius 2 is 1.82 bits per heavy atom. The molecule has 0 aliphatic rings. The van der Waals surface area contributed by atoms with Crippen LogP contribution >= 0.6 is 0 Å². The number of rotatable bonds is 4. The third-order valence-corrected chi connectivity index (χ3v) is 2.65. The van der Waals surface area contributed by atoms with E-state index in [9.17, 15) is 0 Å². The molecule has 0 aliphatic heterocycles. The monoisotopic (exact) mass is 227 g/mol. The Balaban J connectivity index is 2.35. The maximum Gasteiger partial charge on any atom is 0.135 e. The van der Waals surface area contributed by atoms with Crippen molar-refractivity contribution in [2.24, 2.45) is 0 Å². The van der Waals surface area contributed by atoms with Gasteiger partial charge in [0.2, 0.25) is 0 Å². The van der Waals surface area contributed by atoms with Gasteiger partial charge < -0.3 is 10.2 Å². The number of para-hydroxylation sites is 1. The standard InChI is InChI=1S/C14H17N3/c1-3-17(12-8-5-4-6-9-12)14-11-7-10-13(15-2)16-14/h4-11H,3H2,1-2H3,(H,15,16). The smallest absolute Gasteiger partial charge is 0.135 e. The molecule has 0 saturated carbocycles. The number of anilines is 3. The minimum absolute atomic E-state index is 0.886. The van der Waals surface area contributed by atoms with Crippen molar-refractivity contribution in [3.63, 3.8) is 0 Å². The SMILES string of the molecule is CCN(c1ccccc1)c1cccc(NC)n1. The fourth-order valence-corrected chi connectivity index (χ4v) is 1.80. The lowest BCUT2D eigenvalue weighted by Crippen LogP contribution is -2.17. The molecule has 0 atom stereocenters. The molecule has 0 bridgehead atoms. The van der Waals surface area contributed by atoms with Crippen molar-refractivity contribution in [2.75, 3.05) is 23.8 Å². The van der Waals surface area contributed by atoms with Crippen molar-refractivity contribution in [3.8, 4) is 0 Å². The van der Waals surface area contributed by atoms with Crippen LogP contribution in [-0.2, 0) is 0 Å². The molecule has 0 amide bonds. The molecular formula is C14H17N3. The molecule has 0 aliphatic carbocycles. The second-order valence-corrected chi connectivity index (χ2v) is 3.71. The number of benzene rings is 1. The van der Waals surface area contributed by atoms with Gasteiger partial charge in [0.05, 0.1) is 0 Å². The predicted octanol–water partition coefficient (Wildman–Crippen LogP) is 3.28. The zero-order valence-electron chi connectivity index (χ0n) is 10.2. The van der Waals surface area contributed by atoms with E-state index in [0.717, 1.165) is 23.9 Å². The third kappa shape index (κ3) is 2.56. The summed E-state index contributed by atoms with van der Waals surface area (Å²) in [6.45, 7) is 3.02. The normalized spacial score (nSPS) is 10.0. The zero-order chi connectivity index (χ0) is 12.1. The Labute approximate surface area is 102 Å². The molecule has 1 aromatic carbocycles. The first-order valence-corrected chi connectivity index (χ1v) is 5.82. The van der Waals surface area contributed by atoms with E-state index in [2.05, 4.69) is 34.3 Å². The molecule has 0 fully saturated rings. The zero-order valence-corrected chi connectivity index (χ0v) is 10.2. The molecule has 88 valence electrons. The van der Waals surface area contributed by atoms with Crippen LogP contribution in [0.1, 0.15) is 6.92 Å². The van der Waals surface area contributed by atoms with E-state index in [1.165, 1.54) is 0 Å². The molecule has 1 N–H and O–H groups in total. The molecule has 3 heteroatoms. The lowest BCUT2D eigenvalue weighted by molar-refractivity contribution is 0.990. The van der Waals surface area contributed by atoms with E-state index in [1.54, 1.807) is 0 Å². The Morgan fingerprint density at radius 3 is 2.47 bits per heavy atom. The number of pyridine rings is 1. The first-order chi connectivity index (χ1) is 8.35. The maximum absolute atomic E-state index is 4.55. The van der Waals surface area contributed by atoms with E-state index in [4.69, 9.17) is 0 Å². The van der Waals surface area contributed by atoms with Crippen LogP contribution in [0.3, 0.4) is 0 Å². The summed E-state index contributed by atoms with van der Waals surface area (Å²) in [5.41, 5.74) is 1.16. The van der Waals surface area contributed by atoms with E-state index in [0.29, 0.717) is 0 Å². The van der Waals surface area contributed by atoms with Gasteiger partial charge in [-0.05, 0) is 31.2 Å². The van der Waals surface area contributed by atoms with Crippen LogP contribution in [0.5, 0.6) is 0 Å². The summed E-state index contributed by atoms with van der Waals surface area (Å²) in [4.78, 5) is 6.73. The summed E-state index contributed by atoms with van der Waals surface area (Å²) >= 11 is 0. The molecule has 0 spiro atoms. The van der Waals surface area contributed by atoms with Crippen molar-refractivity contribution < 1.29 is 0 Å². The van der Waals surface area contributed by atoms with Crippen LogP contribution in [0, 0.1) is 0 Å². The average Bonchev–Trinajstić information content (AvgIpc) is 2.41. The van der Waals surface area contributed by atoms with Gasteiger partial charge in [0.1, 0.15) is 11.6 Å².